The Morgan fingerprint density at radius 1 is 1.20 bits per heavy atom. The molecule has 4 rings (SSSR count). The van der Waals surface area contributed by atoms with Crippen LogP contribution >= 0.6 is 0 Å². The smallest absolute Gasteiger partial charge is 0.298 e. The van der Waals surface area contributed by atoms with Crippen molar-refractivity contribution in [3.8, 4) is 5.69 Å². The van der Waals surface area contributed by atoms with E-state index in [1.54, 1.807) is 24.8 Å². The van der Waals surface area contributed by atoms with E-state index < -0.39 is 0 Å². The number of nitrogens with zero attached hydrogens (tertiary/aromatic N) is 5. The second kappa shape index (κ2) is 4.11. The van der Waals surface area contributed by atoms with Crippen molar-refractivity contribution in [3.05, 3.63) is 41.5 Å². The molecule has 102 valence electrons. The SMILES string of the molecule is O=c1c(N2CC3(COC3)C2)nccn1-c1cncnc1. The molecule has 4 heterocycles. The normalized spacial score (nSPS) is 19.5. The minimum absolute atomic E-state index is 0.141. The van der Waals surface area contributed by atoms with Crippen LogP contribution in [0.25, 0.3) is 5.69 Å². The third-order valence-corrected chi connectivity index (χ3v) is 3.82. The molecule has 0 unspecified atom stereocenters. The lowest BCUT2D eigenvalue weighted by molar-refractivity contribution is -0.127. The molecule has 2 aromatic heterocycles. The zero-order chi connectivity index (χ0) is 13.6. The summed E-state index contributed by atoms with van der Waals surface area (Å²) in [7, 11) is 0. The van der Waals surface area contributed by atoms with Crippen molar-refractivity contribution in [1.82, 2.24) is 19.5 Å². The Labute approximate surface area is 114 Å². The van der Waals surface area contributed by atoms with Crippen LogP contribution in [0.2, 0.25) is 0 Å². The molecule has 2 aromatic rings. The largest absolute Gasteiger partial charge is 0.380 e. The van der Waals surface area contributed by atoms with E-state index in [2.05, 4.69) is 15.0 Å². The molecular weight excluding hydrogens is 258 g/mol. The molecule has 2 fully saturated rings. The maximum absolute atomic E-state index is 12.5. The number of hydrogen-bond donors (Lipinski definition) is 0. The van der Waals surface area contributed by atoms with Gasteiger partial charge in [-0.05, 0) is 0 Å². The lowest BCUT2D eigenvalue weighted by Gasteiger charge is -2.55. The summed E-state index contributed by atoms with van der Waals surface area (Å²) in [4.78, 5) is 26.6. The summed E-state index contributed by atoms with van der Waals surface area (Å²) in [6, 6.07) is 0. The highest BCUT2D eigenvalue weighted by Crippen LogP contribution is 2.38. The molecule has 1 spiro atoms. The Hall–Kier alpha value is -2.28. The van der Waals surface area contributed by atoms with E-state index in [4.69, 9.17) is 4.74 Å². The molecule has 2 aliphatic heterocycles. The highest BCUT2D eigenvalue weighted by atomic mass is 16.5. The topological polar surface area (TPSA) is 73.1 Å². The monoisotopic (exact) mass is 271 g/mol. The fraction of sp³-hybridized carbons (Fsp3) is 0.385. The summed E-state index contributed by atoms with van der Waals surface area (Å²) in [5.41, 5.74) is 0.755. The van der Waals surface area contributed by atoms with Crippen molar-refractivity contribution in [1.29, 1.82) is 0 Å². The summed E-state index contributed by atoms with van der Waals surface area (Å²) >= 11 is 0. The zero-order valence-corrected chi connectivity index (χ0v) is 10.8. The van der Waals surface area contributed by atoms with E-state index in [1.807, 2.05) is 4.90 Å². The minimum Gasteiger partial charge on any atom is -0.380 e. The van der Waals surface area contributed by atoms with Crippen LogP contribution in [0.5, 0.6) is 0 Å². The third kappa shape index (κ3) is 1.63. The first-order valence-electron chi connectivity index (χ1n) is 6.43. The lowest BCUT2D eigenvalue weighted by atomic mass is 9.78. The second-order valence-electron chi connectivity index (χ2n) is 5.37. The van der Waals surface area contributed by atoms with Crippen molar-refractivity contribution in [2.75, 3.05) is 31.2 Å². The summed E-state index contributed by atoms with van der Waals surface area (Å²) < 4.78 is 6.76. The van der Waals surface area contributed by atoms with Crippen LogP contribution in [0.1, 0.15) is 0 Å². The van der Waals surface area contributed by atoms with Gasteiger partial charge >= 0.3 is 0 Å². The number of rotatable bonds is 2. The van der Waals surface area contributed by atoms with Crippen LogP contribution in [-0.4, -0.2) is 45.8 Å². The van der Waals surface area contributed by atoms with E-state index in [0.717, 1.165) is 26.3 Å². The van der Waals surface area contributed by atoms with Crippen molar-refractivity contribution in [2.24, 2.45) is 5.41 Å². The molecule has 0 amide bonds. The first-order valence-corrected chi connectivity index (χ1v) is 6.43. The van der Waals surface area contributed by atoms with E-state index in [1.165, 1.54) is 10.9 Å². The van der Waals surface area contributed by atoms with Gasteiger partial charge in [0.1, 0.15) is 6.33 Å². The van der Waals surface area contributed by atoms with Crippen molar-refractivity contribution < 1.29 is 4.74 Å². The van der Waals surface area contributed by atoms with Crippen molar-refractivity contribution in [2.45, 2.75) is 0 Å². The Morgan fingerprint density at radius 2 is 1.95 bits per heavy atom. The highest BCUT2D eigenvalue weighted by Gasteiger charge is 2.50. The molecule has 0 atom stereocenters. The van der Waals surface area contributed by atoms with Gasteiger partial charge in [0, 0.05) is 25.5 Å². The van der Waals surface area contributed by atoms with Gasteiger partial charge in [-0.2, -0.15) is 0 Å². The number of aromatic nitrogens is 4. The molecule has 0 radical (unpaired) electrons. The maximum atomic E-state index is 12.5. The van der Waals surface area contributed by atoms with Crippen LogP contribution in [0, 0.1) is 5.41 Å². The summed E-state index contributed by atoms with van der Waals surface area (Å²) in [5, 5.41) is 0. The number of ether oxygens (including phenoxy) is 1. The second-order valence-corrected chi connectivity index (χ2v) is 5.37. The van der Waals surface area contributed by atoms with Gasteiger partial charge in [0.2, 0.25) is 0 Å². The predicted octanol–water partition coefficient (Wildman–Crippen LogP) is -0.141. The lowest BCUT2D eigenvalue weighted by Crippen LogP contribution is -2.67. The van der Waals surface area contributed by atoms with E-state index in [-0.39, 0.29) is 11.0 Å². The zero-order valence-electron chi connectivity index (χ0n) is 10.8. The van der Waals surface area contributed by atoms with Crippen LogP contribution < -0.4 is 10.5 Å². The van der Waals surface area contributed by atoms with Crippen LogP contribution in [0.15, 0.2) is 35.9 Å². The molecule has 20 heavy (non-hydrogen) atoms. The molecule has 7 nitrogen and oxygen atoms in total. The Kier molecular flexibility index (Phi) is 2.37. The average molecular weight is 271 g/mol. The van der Waals surface area contributed by atoms with Gasteiger partial charge in [0.25, 0.3) is 5.56 Å². The highest BCUT2D eigenvalue weighted by molar-refractivity contribution is 5.43. The van der Waals surface area contributed by atoms with E-state index >= 15 is 0 Å². The Morgan fingerprint density at radius 3 is 2.60 bits per heavy atom. The van der Waals surface area contributed by atoms with Gasteiger partial charge in [-0.1, -0.05) is 0 Å². The summed E-state index contributed by atoms with van der Waals surface area (Å²) in [5.74, 6) is 0.480. The van der Waals surface area contributed by atoms with Crippen LogP contribution in [0.3, 0.4) is 0 Å². The van der Waals surface area contributed by atoms with Gasteiger partial charge in [-0.25, -0.2) is 15.0 Å². The van der Waals surface area contributed by atoms with Gasteiger partial charge in [-0.15, -0.1) is 0 Å². The molecule has 2 aliphatic rings. The van der Waals surface area contributed by atoms with Crippen LogP contribution in [0.4, 0.5) is 5.82 Å². The van der Waals surface area contributed by atoms with Crippen molar-refractivity contribution in [3.63, 3.8) is 0 Å². The molecule has 0 bridgehead atoms. The fourth-order valence-electron chi connectivity index (χ4n) is 2.72. The number of anilines is 1. The molecule has 7 heteroatoms. The molecule has 0 N–H and O–H groups in total. The summed E-state index contributed by atoms with van der Waals surface area (Å²) in [6.07, 6.45) is 7.91. The molecule has 0 aromatic carbocycles. The molecule has 2 saturated heterocycles. The van der Waals surface area contributed by atoms with Gasteiger partial charge in [0.15, 0.2) is 5.82 Å². The third-order valence-electron chi connectivity index (χ3n) is 3.82. The first kappa shape index (κ1) is 11.5. The quantitative estimate of drug-likeness (QED) is 0.757. The van der Waals surface area contributed by atoms with Gasteiger partial charge in [-0.3, -0.25) is 9.36 Å². The molecular formula is C13H13N5O2. The van der Waals surface area contributed by atoms with E-state index in [9.17, 15) is 4.79 Å². The standard InChI is InChI=1S/C13H13N5O2/c19-12-11(17-5-13(6-17)7-20-8-13)16-1-2-18(12)10-3-14-9-15-4-10/h1-4,9H,5-8H2. The summed E-state index contributed by atoms with van der Waals surface area (Å²) in [6.45, 7) is 3.25. The predicted molar refractivity (Wildman–Crippen MR) is 70.9 cm³/mol. The first-order chi connectivity index (χ1) is 9.77. The maximum Gasteiger partial charge on any atom is 0.298 e. The Bertz CT molecular complexity index is 687. The minimum atomic E-state index is -0.141. The van der Waals surface area contributed by atoms with Gasteiger partial charge < -0.3 is 9.64 Å². The number of hydrogen-bond acceptors (Lipinski definition) is 6. The molecule has 0 saturated carbocycles. The average Bonchev–Trinajstić information content (AvgIpc) is 2.38. The fourth-order valence-corrected chi connectivity index (χ4v) is 2.72. The van der Waals surface area contributed by atoms with Gasteiger partial charge in [0.05, 0.1) is 36.7 Å². The van der Waals surface area contributed by atoms with Crippen molar-refractivity contribution >= 4 is 5.82 Å². The Balaban J connectivity index is 1.67. The van der Waals surface area contributed by atoms with Crippen LogP contribution in [-0.2, 0) is 4.74 Å². The molecule has 0 aliphatic carbocycles. The van der Waals surface area contributed by atoms with E-state index in [0.29, 0.717) is 11.5 Å².